The van der Waals surface area contributed by atoms with Gasteiger partial charge in [-0.2, -0.15) is 0 Å². The number of β-amino-alcohol motifs (C(OH)–C–C–N with tert-alkyl or cyclic N) is 1. The topological polar surface area (TPSA) is 78.8 Å². The molecule has 0 bridgehead atoms. The fourth-order valence-electron chi connectivity index (χ4n) is 0.850. The molecule has 0 fully saturated rings. The summed E-state index contributed by atoms with van der Waals surface area (Å²) in [7, 11) is 1.44. The summed E-state index contributed by atoms with van der Waals surface area (Å²) in [5, 5.41) is 20.5. The maximum Gasteiger partial charge on any atom is 0.326 e. The van der Waals surface area contributed by atoms with E-state index in [1.54, 1.807) is 6.92 Å². The van der Waals surface area contributed by atoms with Gasteiger partial charge in [-0.3, -0.25) is 10.1 Å². The number of carbonyl (C=O) groups is 1. The Kier molecular flexibility index (Phi) is 4.90. The minimum atomic E-state index is -1.13. The van der Waals surface area contributed by atoms with Gasteiger partial charge in [-0.15, -0.1) is 0 Å². The second kappa shape index (κ2) is 5.16. The molecule has 5 heteroatoms. The molecule has 0 radical (unpaired) electrons. The Balaban J connectivity index is 4.16. The minimum Gasteiger partial charge on any atom is -0.480 e. The Morgan fingerprint density at radius 3 is 2.54 bits per heavy atom. The SMILES string of the molecule is COCC(C)(NCC(C)O)C(=O)O. The predicted octanol–water partition coefficient (Wildman–Crippen LogP) is -0.553. The molecule has 0 heterocycles. The van der Waals surface area contributed by atoms with Crippen molar-refractivity contribution < 1.29 is 19.7 Å². The van der Waals surface area contributed by atoms with Crippen molar-refractivity contribution in [2.24, 2.45) is 0 Å². The Hall–Kier alpha value is -0.650. The Morgan fingerprint density at radius 1 is 1.69 bits per heavy atom. The molecule has 3 N–H and O–H groups in total. The Morgan fingerprint density at radius 2 is 2.23 bits per heavy atom. The molecule has 0 aliphatic heterocycles. The van der Waals surface area contributed by atoms with Gasteiger partial charge in [0.05, 0.1) is 12.7 Å². The third-order valence-electron chi connectivity index (χ3n) is 1.69. The predicted molar refractivity (Wildman–Crippen MR) is 47.6 cm³/mol. The summed E-state index contributed by atoms with van der Waals surface area (Å²) in [4.78, 5) is 10.8. The van der Waals surface area contributed by atoms with E-state index in [9.17, 15) is 4.79 Å². The van der Waals surface area contributed by atoms with Crippen LogP contribution < -0.4 is 5.32 Å². The summed E-state index contributed by atoms with van der Waals surface area (Å²) in [6.45, 7) is 3.39. The van der Waals surface area contributed by atoms with E-state index in [1.807, 2.05) is 0 Å². The maximum absolute atomic E-state index is 10.8. The maximum atomic E-state index is 10.8. The van der Waals surface area contributed by atoms with Gasteiger partial charge in [0, 0.05) is 13.7 Å². The van der Waals surface area contributed by atoms with Gasteiger partial charge in [0.15, 0.2) is 0 Å². The molecule has 0 aliphatic rings. The molecule has 0 saturated heterocycles. The Labute approximate surface area is 77.7 Å². The number of nitrogens with one attached hydrogen (secondary N) is 1. The molecule has 5 nitrogen and oxygen atoms in total. The molecule has 0 amide bonds. The van der Waals surface area contributed by atoms with Crippen LogP contribution in [0.2, 0.25) is 0 Å². The number of rotatable bonds is 6. The van der Waals surface area contributed by atoms with Crippen LogP contribution in [0.4, 0.5) is 0 Å². The highest BCUT2D eigenvalue weighted by molar-refractivity contribution is 5.78. The van der Waals surface area contributed by atoms with Gasteiger partial charge >= 0.3 is 5.97 Å². The Bertz CT molecular complexity index is 172. The van der Waals surface area contributed by atoms with Gasteiger partial charge in [-0.05, 0) is 13.8 Å². The van der Waals surface area contributed by atoms with Crippen molar-refractivity contribution in [1.29, 1.82) is 0 Å². The zero-order valence-electron chi connectivity index (χ0n) is 8.20. The third-order valence-corrected chi connectivity index (χ3v) is 1.69. The van der Waals surface area contributed by atoms with E-state index in [2.05, 4.69) is 5.32 Å². The molecule has 0 aromatic carbocycles. The molecule has 0 aromatic heterocycles. The second-order valence-electron chi connectivity index (χ2n) is 3.30. The van der Waals surface area contributed by atoms with Crippen molar-refractivity contribution in [3.05, 3.63) is 0 Å². The van der Waals surface area contributed by atoms with E-state index in [0.717, 1.165) is 0 Å². The summed E-state index contributed by atoms with van der Waals surface area (Å²) in [6.07, 6.45) is -0.574. The standard InChI is InChI=1S/C8H17NO4/c1-6(10)4-9-8(2,5-13-3)7(11)12/h6,9-10H,4-5H2,1-3H3,(H,11,12). The van der Waals surface area contributed by atoms with Crippen molar-refractivity contribution in [1.82, 2.24) is 5.32 Å². The van der Waals surface area contributed by atoms with Crippen molar-refractivity contribution >= 4 is 5.97 Å². The van der Waals surface area contributed by atoms with Crippen LogP contribution in [0.3, 0.4) is 0 Å². The fourth-order valence-corrected chi connectivity index (χ4v) is 0.850. The van der Waals surface area contributed by atoms with E-state index >= 15 is 0 Å². The van der Waals surface area contributed by atoms with Gasteiger partial charge in [0.1, 0.15) is 5.54 Å². The average Bonchev–Trinajstić information content (AvgIpc) is 2.01. The van der Waals surface area contributed by atoms with Gasteiger partial charge in [0.25, 0.3) is 0 Å². The molecule has 0 aromatic rings. The van der Waals surface area contributed by atoms with Crippen LogP contribution in [0.15, 0.2) is 0 Å². The van der Waals surface area contributed by atoms with E-state index in [4.69, 9.17) is 14.9 Å². The molecule has 0 spiro atoms. The number of methoxy groups -OCH3 is 1. The monoisotopic (exact) mass is 191 g/mol. The van der Waals surface area contributed by atoms with E-state index in [1.165, 1.54) is 14.0 Å². The van der Waals surface area contributed by atoms with Crippen LogP contribution >= 0.6 is 0 Å². The number of carboxylic acids is 1. The molecule has 2 unspecified atom stereocenters. The van der Waals surface area contributed by atoms with Gasteiger partial charge in [-0.25, -0.2) is 0 Å². The van der Waals surface area contributed by atoms with Crippen LogP contribution in [0.5, 0.6) is 0 Å². The lowest BCUT2D eigenvalue weighted by Crippen LogP contribution is -2.54. The third kappa shape index (κ3) is 4.21. The summed E-state index contributed by atoms with van der Waals surface area (Å²) in [6, 6.07) is 0. The highest BCUT2D eigenvalue weighted by Crippen LogP contribution is 2.04. The minimum absolute atomic E-state index is 0.0645. The van der Waals surface area contributed by atoms with Crippen LogP contribution in [0, 0.1) is 0 Å². The molecule has 0 aliphatic carbocycles. The van der Waals surface area contributed by atoms with Crippen LogP contribution in [-0.2, 0) is 9.53 Å². The number of hydrogen-bond donors (Lipinski definition) is 3. The first-order valence-electron chi connectivity index (χ1n) is 4.08. The lowest BCUT2D eigenvalue weighted by molar-refractivity contribution is -0.146. The van der Waals surface area contributed by atoms with E-state index in [-0.39, 0.29) is 13.2 Å². The van der Waals surface area contributed by atoms with Gasteiger partial charge < -0.3 is 14.9 Å². The summed E-state index contributed by atoms with van der Waals surface area (Å²) in [5.41, 5.74) is -1.13. The van der Waals surface area contributed by atoms with Crippen molar-refractivity contribution in [2.75, 3.05) is 20.3 Å². The van der Waals surface area contributed by atoms with Crippen LogP contribution in [0.1, 0.15) is 13.8 Å². The first kappa shape index (κ1) is 12.3. The fraction of sp³-hybridized carbons (Fsp3) is 0.875. The first-order chi connectivity index (χ1) is 5.92. The van der Waals surface area contributed by atoms with Crippen molar-refractivity contribution in [2.45, 2.75) is 25.5 Å². The van der Waals surface area contributed by atoms with E-state index < -0.39 is 17.6 Å². The lowest BCUT2D eigenvalue weighted by atomic mass is 10.0. The molecule has 13 heavy (non-hydrogen) atoms. The number of ether oxygens (including phenoxy) is 1. The lowest BCUT2D eigenvalue weighted by Gasteiger charge is -2.25. The number of aliphatic carboxylic acids is 1. The van der Waals surface area contributed by atoms with Gasteiger partial charge in [-0.1, -0.05) is 0 Å². The summed E-state index contributed by atoms with van der Waals surface area (Å²) in [5.74, 6) is -0.991. The number of aliphatic hydroxyl groups excluding tert-OH is 1. The van der Waals surface area contributed by atoms with Crippen LogP contribution in [-0.4, -0.2) is 48.1 Å². The average molecular weight is 191 g/mol. The normalized spacial score (nSPS) is 17.8. The number of carboxylic acid groups (broad SMARTS) is 1. The van der Waals surface area contributed by atoms with Crippen molar-refractivity contribution in [3.63, 3.8) is 0 Å². The smallest absolute Gasteiger partial charge is 0.326 e. The summed E-state index contributed by atoms with van der Waals surface area (Å²) >= 11 is 0. The molecule has 78 valence electrons. The molecular formula is C8H17NO4. The second-order valence-corrected chi connectivity index (χ2v) is 3.30. The number of hydrogen-bond acceptors (Lipinski definition) is 4. The first-order valence-corrected chi connectivity index (χ1v) is 4.08. The highest BCUT2D eigenvalue weighted by atomic mass is 16.5. The molecular weight excluding hydrogens is 174 g/mol. The zero-order valence-corrected chi connectivity index (χ0v) is 8.20. The molecule has 0 rings (SSSR count). The van der Waals surface area contributed by atoms with Crippen LogP contribution in [0.25, 0.3) is 0 Å². The zero-order chi connectivity index (χ0) is 10.5. The molecule has 0 saturated carbocycles. The highest BCUT2D eigenvalue weighted by Gasteiger charge is 2.32. The van der Waals surface area contributed by atoms with Gasteiger partial charge in [0.2, 0.25) is 0 Å². The largest absolute Gasteiger partial charge is 0.480 e. The summed E-state index contributed by atoms with van der Waals surface area (Å²) < 4.78 is 4.78. The van der Waals surface area contributed by atoms with Crippen molar-refractivity contribution in [3.8, 4) is 0 Å². The quantitative estimate of drug-likeness (QED) is 0.525. The van der Waals surface area contributed by atoms with E-state index in [0.29, 0.717) is 0 Å². The number of aliphatic hydroxyl groups is 1. The molecule has 2 atom stereocenters.